The highest BCUT2D eigenvalue weighted by Gasteiger charge is 2.26. The molecule has 0 atom stereocenters. The van der Waals surface area contributed by atoms with Crippen LogP contribution in [0.15, 0.2) is 4.99 Å². The molecule has 0 saturated heterocycles. The summed E-state index contributed by atoms with van der Waals surface area (Å²) in [5.74, 6) is 0.0237. The molecule has 0 aliphatic heterocycles. The van der Waals surface area contributed by atoms with Gasteiger partial charge in [0.2, 0.25) is 5.91 Å². The second kappa shape index (κ2) is 3.51. The zero-order valence-corrected chi connectivity index (χ0v) is 7.88. The van der Waals surface area contributed by atoms with E-state index in [1.54, 1.807) is 39.1 Å². The Bertz CT molecular complexity index is 171. The number of nitrogens with zero attached hydrogens (tertiary/aromatic N) is 2. The summed E-state index contributed by atoms with van der Waals surface area (Å²) in [6.45, 7) is 5.41. The Hall–Kier alpha value is -0.860. The average Bonchev–Trinajstić information content (AvgIpc) is 1.86. The maximum Gasteiger partial charge on any atom is 0.249 e. The zero-order chi connectivity index (χ0) is 9.07. The summed E-state index contributed by atoms with van der Waals surface area (Å²) in [5.41, 5.74) is -0.613. The summed E-state index contributed by atoms with van der Waals surface area (Å²) in [4.78, 5) is 17.0. The molecule has 0 fully saturated rings. The van der Waals surface area contributed by atoms with Gasteiger partial charge in [-0.1, -0.05) is 0 Å². The number of hydrogen-bond donors (Lipinski definition) is 0. The van der Waals surface area contributed by atoms with E-state index < -0.39 is 5.54 Å². The highest BCUT2D eigenvalue weighted by Crippen LogP contribution is 2.10. The van der Waals surface area contributed by atoms with Crippen molar-refractivity contribution in [2.24, 2.45) is 4.99 Å². The van der Waals surface area contributed by atoms with Gasteiger partial charge >= 0.3 is 0 Å². The van der Waals surface area contributed by atoms with E-state index in [1.165, 1.54) is 0 Å². The molecule has 3 heteroatoms. The van der Waals surface area contributed by atoms with E-state index in [4.69, 9.17) is 0 Å². The highest BCUT2D eigenvalue weighted by molar-refractivity contribution is 5.86. The zero-order valence-electron chi connectivity index (χ0n) is 7.88. The minimum Gasteiger partial charge on any atom is -0.347 e. The van der Waals surface area contributed by atoms with Crippen molar-refractivity contribution in [1.29, 1.82) is 0 Å². The van der Waals surface area contributed by atoms with Crippen LogP contribution >= 0.6 is 0 Å². The van der Waals surface area contributed by atoms with Crippen LogP contribution in [0.5, 0.6) is 0 Å². The summed E-state index contributed by atoms with van der Waals surface area (Å²) in [6, 6.07) is 0. The normalized spacial score (nSPS) is 12.1. The van der Waals surface area contributed by atoms with Gasteiger partial charge in [0.05, 0.1) is 0 Å². The molecule has 0 unspecified atom stereocenters. The quantitative estimate of drug-likeness (QED) is 0.548. The Morgan fingerprint density at radius 2 is 1.91 bits per heavy atom. The lowest BCUT2D eigenvalue weighted by molar-refractivity contribution is -0.133. The van der Waals surface area contributed by atoms with Gasteiger partial charge in [-0.05, 0) is 27.0 Å². The van der Waals surface area contributed by atoms with Crippen molar-refractivity contribution in [2.75, 3.05) is 14.1 Å². The SMILES string of the molecule is CC=NC(C)(C)C(=O)N(C)C. The molecule has 0 saturated carbocycles. The molecule has 0 spiro atoms. The van der Waals surface area contributed by atoms with Crippen LogP contribution in [0.25, 0.3) is 0 Å². The Balaban J connectivity index is 4.42. The summed E-state index contributed by atoms with van der Waals surface area (Å²) in [6.07, 6.45) is 1.65. The summed E-state index contributed by atoms with van der Waals surface area (Å²) in [5, 5.41) is 0. The Morgan fingerprint density at radius 3 is 2.18 bits per heavy atom. The van der Waals surface area contributed by atoms with E-state index in [9.17, 15) is 4.79 Å². The van der Waals surface area contributed by atoms with Gasteiger partial charge in [0, 0.05) is 14.1 Å². The molecular formula is C8H16N2O. The third-order valence-corrected chi connectivity index (χ3v) is 1.38. The molecular weight excluding hydrogens is 140 g/mol. The van der Waals surface area contributed by atoms with E-state index in [0.717, 1.165) is 0 Å². The second-order valence-corrected chi connectivity index (χ2v) is 3.15. The molecule has 0 aromatic carbocycles. The third-order valence-electron chi connectivity index (χ3n) is 1.38. The Kier molecular flexibility index (Phi) is 3.23. The molecule has 0 bridgehead atoms. The van der Waals surface area contributed by atoms with E-state index in [2.05, 4.69) is 4.99 Å². The van der Waals surface area contributed by atoms with Crippen LogP contribution in [0.4, 0.5) is 0 Å². The molecule has 0 aromatic heterocycles. The van der Waals surface area contributed by atoms with Gasteiger partial charge in [-0.25, -0.2) is 0 Å². The van der Waals surface area contributed by atoms with Crippen molar-refractivity contribution in [1.82, 2.24) is 4.90 Å². The van der Waals surface area contributed by atoms with Gasteiger partial charge in [0.25, 0.3) is 0 Å². The van der Waals surface area contributed by atoms with Crippen LogP contribution in [0.2, 0.25) is 0 Å². The van der Waals surface area contributed by atoms with E-state index in [1.807, 2.05) is 6.92 Å². The molecule has 0 heterocycles. The number of rotatable bonds is 2. The molecule has 0 aromatic rings. The van der Waals surface area contributed by atoms with Crippen LogP contribution in [-0.4, -0.2) is 36.7 Å². The van der Waals surface area contributed by atoms with Crippen LogP contribution in [0.3, 0.4) is 0 Å². The fourth-order valence-corrected chi connectivity index (χ4v) is 0.925. The first-order valence-electron chi connectivity index (χ1n) is 3.63. The minimum absolute atomic E-state index is 0.0237. The lowest BCUT2D eigenvalue weighted by Crippen LogP contribution is -2.39. The van der Waals surface area contributed by atoms with E-state index >= 15 is 0 Å². The summed E-state index contributed by atoms with van der Waals surface area (Å²) < 4.78 is 0. The number of hydrogen-bond acceptors (Lipinski definition) is 2. The average molecular weight is 156 g/mol. The molecule has 0 rings (SSSR count). The molecule has 64 valence electrons. The largest absolute Gasteiger partial charge is 0.347 e. The first-order valence-corrected chi connectivity index (χ1v) is 3.63. The lowest BCUT2D eigenvalue weighted by atomic mass is 10.1. The highest BCUT2D eigenvalue weighted by atomic mass is 16.2. The smallest absolute Gasteiger partial charge is 0.249 e. The van der Waals surface area contributed by atoms with Crippen molar-refractivity contribution in [2.45, 2.75) is 26.3 Å². The minimum atomic E-state index is -0.613. The second-order valence-electron chi connectivity index (χ2n) is 3.15. The molecule has 0 radical (unpaired) electrons. The van der Waals surface area contributed by atoms with Crippen LogP contribution in [0, 0.1) is 0 Å². The van der Waals surface area contributed by atoms with Crippen LogP contribution in [-0.2, 0) is 4.79 Å². The van der Waals surface area contributed by atoms with Gasteiger partial charge in [0.1, 0.15) is 5.54 Å². The van der Waals surface area contributed by atoms with Gasteiger partial charge in [-0.15, -0.1) is 0 Å². The molecule has 0 aliphatic rings. The molecule has 3 nitrogen and oxygen atoms in total. The first kappa shape index (κ1) is 10.1. The van der Waals surface area contributed by atoms with Gasteiger partial charge in [0.15, 0.2) is 0 Å². The maximum absolute atomic E-state index is 11.4. The third kappa shape index (κ3) is 2.70. The van der Waals surface area contributed by atoms with Crippen molar-refractivity contribution in [3.63, 3.8) is 0 Å². The standard InChI is InChI=1S/C8H16N2O/c1-6-9-8(2,3)7(11)10(4)5/h6H,1-5H3. The van der Waals surface area contributed by atoms with Crippen LogP contribution < -0.4 is 0 Å². The van der Waals surface area contributed by atoms with Crippen LogP contribution in [0.1, 0.15) is 20.8 Å². The topological polar surface area (TPSA) is 32.7 Å². The monoisotopic (exact) mass is 156 g/mol. The van der Waals surface area contributed by atoms with Gasteiger partial charge in [-0.2, -0.15) is 0 Å². The fourth-order valence-electron chi connectivity index (χ4n) is 0.925. The Morgan fingerprint density at radius 1 is 1.45 bits per heavy atom. The lowest BCUT2D eigenvalue weighted by Gasteiger charge is -2.22. The number of aliphatic imine (C=N–C) groups is 1. The molecule has 11 heavy (non-hydrogen) atoms. The predicted octanol–water partition coefficient (Wildman–Crippen LogP) is 0.944. The maximum atomic E-state index is 11.4. The number of carbonyl (C=O) groups is 1. The number of carbonyl (C=O) groups excluding carboxylic acids is 1. The molecule has 0 aliphatic carbocycles. The Labute approximate surface area is 68.1 Å². The van der Waals surface area contributed by atoms with Gasteiger partial charge in [-0.3, -0.25) is 9.79 Å². The van der Waals surface area contributed by atoms with Gasteiger partial charge < -0.3 is 4.90 Å². The number of likely N-dealkylation sites (N-methyl/N-ethyl adjacent to an activating group) is 1. The first-order chi connectivity index (χ1) is 4.91. The molecule has 1 amide bonds. The molecule has 0 N–H and O–H groups in total. The summed E-state index contributed by atoms with van der Waals surface area (Å²) >= 11 is 0. The van der Waals surface area contributed by atoms with E-state index in [0.29, 0.717) is 0 Å². The van der Waals surface area contributed by atoms with Crippen molar-refractivity contribution in [3.8, 4) is 0 Å². The predicted molar refractivity (Wildman–Crippen MR) is 46.9 cm³/mol. The van der Waals surface area contributed by atoms with E-state index in [-0.39, 0.29) is 5.91 Å². The van der Waals surface area contributed by atoms with Crippen molar-refractivity contribution in [3.05, 3.63) is 0 Å². The number of amides is 1. The van der Waals surface area contributed by atoms with Crippen molar-refractivity contribution < 1.29 is 4.79 Å². The summed E-state index contributed by atoms with van der Waals surface area (Å²) in [7, 11) is 3.46. The fraction of sp³-hybridized carbons (Fsp3) is 0.750. The van der Waals surface area contributed by atoms with Crippen molar-refractivity contribution >= 4 is 12.1 Å².